The summed E-state index contributed by atoms with van der Waals surface area (Å²) in [7, 11) is 0. The molecule has 26 heavy (non-hydrogen) atoms. The quantitative estimate of drug-likeness (QED) is 0.552. The average molecular weight is 355 g/mol. The lowest BCUT2D eigenvalue weighted by molar-refractivity contribution is 0.0243. The van der Waals surface area contributed by atoms with Crippen LogP contribution in [0.4, 0.5) is 4.39 Å². The van der Waals surface area contributed by atoms with Crippen LogP contribution < -0.4 is 0 Å². The number of benzene rings is 2. The molecule has 138 valence electrons. The van der Waals surface area contributed by atoms with Gasteiger partial charge < -0.3 is 9.84 Å². The Morgan fingerprint density at radius 2 is 1.88 bits per heavy atom. The van der Waals surface area contributed by atoms with Gasteiger partial charge in [0.1, 0.15) is 12.4 Å². The molecule has 0 saturated heterocycles. The van der Waals surface area contributed by atoms with Crippen molar-refractivity contribution >= 4 is 0 Å². The van der Waals surface area contributed by atoms with Crippen LogP contribution in [0.1, 0.15) is 22.3 Å². The predicted octanol–water partition coefficient (Wildman–Crippen LogP) is 3.46. The van der Waals surface area contributed by atoms with E-state index in [1.807, 2.05) is 0 Å². The van der Waals surface area contributed by atoms with Gasteiger partial charge in [0.2, 0.25) is 0 Å². The Morgan fingerprint density at radius 1 is 1.15 bits per heavy atom. The lowest BCUT2D eigenvalue weighted by atomic mass is 10.0. The molecule has 0 heterocycles. The highest BCUT2D eigenvalue weighted by atomic mass is 19.1. The minimum Gasteiger partial charge on any atom is -0.389 e. The molecule has 2 rings (SSSR count). The van der Waals surface area contributed by atoms with Gasteiger partial charge in [-0.1, -0.05) is 41.8 Å². The molecule has 0 spiro atoms. The van der Waals surface area contributed by atoms with Crippen molar-refractivity contribution in [1.29, 1.82) is 0 Å². The molecule has 4 heteroatoms. The third-order valence-electron chi connectivity index (χ3n) is 4.18. The summed E-state index contributed by atoms with van der Waals surface area (Å²) in [6, 6.07) is 12.8. The van der Waals surface area contributed by atoms with E-state index >= 15 is 0 Å². The van der Waals surface area contributed by atoms with E-state index in [9.17, 15) is 9.50 Å². The van der Waals surface area contributed by atoms with Crippen LogP contribution in [-0.4, -0.2) is 35.9 Å². The van der Waals surface area contributed by atoms with E-state index in [0.29, 0.717) is 19.6 Å². The van der Waals surface area contributed by atoms with Crippen LogP contribution in [0.3, 0.4) is 0 Å². The van der Waals surface area contributed by atoms with Gasteiger partial charge in [-0.3, -0.25) is 4.90 Å². The molecule has 1 atom stereocenters. The van der Waals surface area contributed by atoms with Crippen LogP contribution in [0, 0.1) is 32.0 Å². The van der Waals surface area contributed by atoms with E-state index in [4.69, 9.17) is 11.2 Å². The highest BCUT2D eigenvalue weighted by Gasteiger charge is 2.14. The predicted molar refractivity (Wildman–Crippen MR) is 102 cm³/mol. The third kappa shape index (κ3) is 6.61. The Hall–Kier alpha value is -2.19. The van der Waals surface area contributed by atoms with Gasteiger partial charge in [0, 0.05) is 19.6 Å². The molecule has 0 bridgehead atoms. The van der Waals surface area contributed by atoms with E-state index < -0.39 is 6.10 Å². The normalized spacial score (nSPS) is 12.2. The van der Waals surface area contributed by atoms with Crippen molar-refractivity contribution in [2.75, 3.05) is 19.8 Å². The molecule has 2 aromatic rings. The van der Waals surface area contributed by atoms with Gasteiger partial charge in [-0.2, -0.15) is 0 Å². The Morgan fingerprint density at radius 3 is 2.54 bits per heavy atom. The summed E-state index contributed by atoms with van der Waals surface area (Å²) in [6.07, 6.45) is 4.52. The van der Waals surface area contributed by atoms with Crippen LogP contribution in [0.2, 0.25) is 0 Å². The highest BCUT2D eigenvalue weighted by molar-refractivity contribution is 5.30. The van der Waals surface area contributed by atoms with Gasteiger partial charge in [0.05, 0.1) is 12.7 Å². The van der Waals surface area contributed by atoms with Crippen molar-refractivity contribution in [2.24, 2.45) is 0 Å². The summed E-state index contributed by atoms with van der Waals surface area (Å²) >= 11 is 0. The molecule has 0 aliphatic rings. The fraction of sp³-hybridized carbons (Fsp3) is 0.364. The first-order valence-electron chi connectivity index (χ1n) is 8.70. The second-order valence-electron chi connectivity index (χ2n) is 6.60. The van der Waals surface area contributed by atoms with Crippen molar-refractivity contribution < 1.29 is 14.2 Å². The monoisotopic (exact) mass is 355 g/mol. The highest BCUT2D eigenvalue weighted by Crippen LogP contribution is 2.16. The number of ether oxygens (including phenoxy) is 1. The van der Waals surface area contributed by atoms with Crippen molar-refractivity contribution in [3.05, 3.63) is 70.5 Å². The molecule has 0 aromatic heterocycles. The van der Waals surface area contributed by atoms with E-state index in [-0.39, 0.29) is 19.0 Å². The maximum absolute atomic E-state index is 13.2. The Kier molecular flexibility index (Phi) is 7.80. The maximum Gasteiger partial charge on any atom is 0.123 e. The smallest absolute Gasteiger partial charge is 0.123 e. The SMILES string of the molecule is C#CCOCC(O)CN(Cc1ccc(F)cc1)Cc1ccc(C)cc1C. The molecule has 0 radical (unpaired) electrons. The lowest BCUT2D eigenvalue weighted by Crippen LogP contribution is -2.34. The minimum absolute atomic E-state index is 0.187. The van der Waals surface area contributed by atoms with Gasteiger partial charge in [0.15, 0.2) is 0 Å². The fourth-order valence-electron chi connectivity index (χ4n) is 2.90. The number of hydrogen-bond acceptors (Lipinski definition) is 3. The fourth-order valence-corrected chi connectivity index (χ4v) is 2.90. The number of rotatable bonds is 9. The number of hydrogen-bond donors (Lipinski definition) is 1. The Balaban J connectivity index is 2.09. The number of aliphatic hydroxyl groups excluding tert-OH is 1. The summed E-state index contributed by atoms with van der Waals surface area (Å²) in [6.45, 7) is 6.28. The van der Waals surface area contributed by atoms with E-state index in [1.165, 1.54) is 28.8 Å². The van der Waals surface area contributed by atoms with Gasteiger partial charge in [-0.25, -0.2) is 4.39 Å². The standard InChI is InChI=1S/C22H26FNO2/c1-4-11-26-16-22(25)15-24(13-19-6-9-21(23)10-7-19)14-20-8-5-17(2)12-18(20)3/h1,5-10,12,22,25H,11,13-16H2,2-3H3. The third-order valence-corrected chi connectivity index (χ3v) is 4.18. The Bertz CT molecular complexity index is 737. The largest absolute Gasteiger partial charge is 0.389 e. The van der Waals surface area contributed by atoms with E-state index in [2.05, 4.69) is 42.9 Å². The first-order valence-corrected chi connectivity index (χ1v) is 8.70. The molecule has 0 saturated carbocycles. The van der Waals surface area contributed by atoms with Crippen molar-refractivity contribution in [1.82, 2.24) is 4.90 Å². The van der Waals surface area contributed by atoms with Gasteiger partial charge in [-0.05, 0) is 42.7 Å². The minimum atomic E-state index is -0.644. The molecule has 1 unspecified atom stereocenters. The second kappa shape index (κ2) is 10.1. The lowest BCUT2D eigenvalue weighted by Gasteiger charge is -2.26. The number of halogens is 1. The van der Waals surface area contributed by atoms with Crippen LogP contribution >= 0.6 is 0 Å². The zero-order valence-corrected chi connectivity index (χ0v) is 15.4. The zero-order chi connectivity index (χ0) is 18.9. The number of nitrogens with zero attached hydrogens (tertiary/aromatic N) is 1. The number of aryl methyl sites for hydroxylation is 2. The maximum atomic E-state index is 13.2. The first kappa shape index (κ1) is 20.1. The number of aliphatic hydroxyl groups is 1. The van der Waals surface area contributed by atoms with Gasteiger partial charge in [-0.15, -0.1) is 6.42 Å². The summed E-state index contributed by atoms with van der Waals surface area (Å²) in [5, 5.41) is 10.3. The number of terminal acetylenes is 1. The van der Waals surface area contributed by atoms with Crippen LogP contribution in [0.5, 0.6) is 0 Å². The van der Waals surface area contributed by atoms with E-state index in [1.54, 1.807) is 12.1 Å². The topological polar surface area (TPSA) is 32.7 Å². The molecular formula is C22H26FNO2. The average Bonchev–Trinajstić information content (AvgIpc) is 2.59. The molecular weight excluding hydrogens is 329 g/mol. The zero-order valence-electron chi connectivity index (χ0n) is 15.4. The molecule has 3 nitrogen and oxygen atoms in total. The second-order valence-corrected chi connectivity index (χ2v) is 6.60. The van der Waals surface area contributed by atoms with Gasteiger partial charge in [0.25, 0.3) is 0 Å². The van der Waals surface area contributed by atoms with Crippen LogP contribution in [0.25, 0.3) is 0 Å². The summed E-state index contributed by atoms with van der Waals surface area (Å²) in [5.41, 5.74) is 4.63. The molecule has 0 aliphatic carbocycles. The van der Waals surface area contributed by atoms with Crippen molar-refractivity contribution in [3.63, 3.8) is 0 Å². The molecule has 0 fully saturated rings. The van der Waals surface area contributed by atoms with E-state index in [0.717, 1.165) is 5.56 Å². The molecule has 2 aromatic carbocycles. The van der Waals surface area contributed by atoms with Crippen LogP contribution in [0.15, 0.2) is 42.5 Å². The first-order chi connectivity index (χ1) is 12.5. The summed E-state index contributed by atoms with van der Waals surface area (Å²) < 4.78 is 18.4. The summed E-state index contributed by atoms with van der Waals surface area (Å²) in [5.74, 6) is 2.14. The van der Waals surface area contributed by atoms with Crippen LogP contribution in [-0.2, 0) is 17.8 Å². The van der Waals surface area contributed by atoms with Gasteiger partial charge >= 0.3 is 0 Å². The summed E-state index contributed by atoms with van der Waals surface area (Å²) in [4.78, 5) is 2.13. The molecule has 0 aliphatic heterocycles. The van der Waals surface area contributed by atoms with Crippen molar-refractivity contribution in [3.8, 4) is 12.3 Å². The Labute approximate surface area is 155 Å². The molecule has 1 N–H and O–H groups in total. The van der Waals surface area contributed by atoms with Crippen molar-refractivity contribution in [2.45, 2.75) is 33.0 Å². The molecule has 0 amide bonds.